The van der Waals surface area contributed by atoms with Crippen molar-refractivity contribution in [3.05, 3.63) is 35.9 Å². The molecule has 0 aromatic heterocycles. The minimum Gasteiger partial charge on any atom is -0.371 e. The molecule has 1 aliphatic heterocycles. The second kappa shape index (κ2) is 6.71. The van der Waals surface area contributed by atoms with Gasteiger partial charge < -0.3 is 15.4 Å². The van der Waals surface area contributed by atoms with Crippen LogP contribution in [0.3, 0.4) is 0 Å². The molecule has 2 amide bonds. The first-order chi connectivity index (χ1) is 11.1. The van der Waals surface area contributed by atoms with Crippen LogP contribution in [-0.4, -0.2) is 43.0 Å². The third kappa shape index (κ3) is 3.55. The third-order valence-electron chi connectivity index (χ3n) is 5.04. The number of piperidine rings is 1. The number of nitrogens with zero attached hydrogens (tertiary/aromatic N) is 1. The Bertz CT molecular complexity index is 561. The Morgan fingerprint density at radius 1 is 1.17 bits per heavy atom. The minimum absolute atomic E-state index is 0.0109. The van der Waals surface area contributed by atoms with E-state index in [4.69, 9.17) is 10.5 Å². The van der Waals surface area contributed by atoms with Gasteiger partial charge in [0.1, 0.15) is 6.61 Å². The van der Waals surface area contributed by atoms with Crippen LogP contribution in [0, 0.1) is 5.92 Å². The lowest BCUT2D eigenvalue weighted by Crippen LogP contribution is -2.52. The van der Waals surface area contributed by atoms with Gasteiger partial charge in [-0.3, -0.25) is 9.59 Å². The summed E-state index contributed by atoms with van der Waals surface area (Å²) < 4.78 is 5.47. The maximum Gasteiger partial charge on any atom is 0.248 e. The number of likely N-dealkylation sites (tertiary alicyclic amines) is 1. The normalized spacial score (nSPS) is 20.3. The monoisotopic (exact) mass is 316 g/mol. The highest BCUT2D eigenvalue weighted by Crippen LogP contribution is 2.35. The third-order valence-corrected chi connectivity index (χ3v) is 5.04. The van der Waals surface area contributed by atoms with Gasteiger partial charge in [-0.1, -0.05) is 30.3 Å². The maximum atomic E-state index is 12.2. The average molecular weight is 316 g/mol. The largest absolute Gasteiger partial charge is 0.371 e. The van der Waals surface area contributed by atoms with Gasteiger partial charge in [-0.15, -0.1) is 0 Å². The number of benzene rings is 1. The van der Waals surface area contributed by atoms with Gasteiger partial charge in [0.25, 0.3) is 0 Å². The summed E-state index contributed by atoms with van der Waals surface area (Å²) in [5.41, 5.74) is 6.00. The van der Waals surface area contributed by atoms with Crippen LogP contribution in [0.5, 0.6) is 0 Å². The predicted octanol–water partition coefficient (Wildman–Crippen LogP) is 1.46. The molecule has 5 nitrogen and oxygen atoms in total. The van der Waals surface area contributed by atoms with E-state index >= 15 is 0 Å². The van der Waals surface area contributed by atoms with E-state index in [1.165, 1.54) is 12.8 Å². The predicted molar refractivity (Wildman–Crippen MR) is 86.7 cm³/mol. The lowest BCUT2D eigenvalue weighted by Gasteiger charge is -2.40. The molecule has 2 N–H and O–H groups in total. The number of nitrogens with two attached hydrogens (primary N) is 1. The van der Waals surface area contributed by atoms with Gasteiger partial charge >= 0.3 is 0 Å². The van der Waals surface area contributed by atoms with Gasteiger partial charge in [-0.2, -0.15) is 0 Å². The zero-order valence-corrected chi connectivity index (χ0v) is 13.4. The molecule has 3 rings (SSSR count). The molecule has 5 heteroatoms. The van der Waals surface area contributed by atoms with Gasteiger partial charge in [0.2, 0.25) is 11.8 Å². The summed E-state index contributed by atoms with van der Waals surface area (Å²) in [4.78, 5) is 26.1. The fourth-order valence-electron chi connectivity index (χ4n) is 3.26. The number of hydrogen-bond acceptors (Lipinski definition) is 3. The van der Waals surface area contributed by atoms with Crippen LogP contribution in [0.1, 0.15) is 31.2 Å². The molecule has 124 valence electrons. The highest BCUT2D eigenvalue weighted by Gasteiger charge is 2.42. The van der Waals surface area contributed by atoms with E-state index in [2.05, 4.69) is 0 Å². The molecule has 1 aliphatic carbocycles. The SMILES string of the molecule is NC(=O)C1(c2ccccc2)CCN(C(=O)COCC2CC2)CC1. The van der Waals surface area contributed by atoms with Crippen molar-refractivity contribution in [1.29, 1.82) is 0 Å². The molecule has 2 aliphatic rings. The molecule has 0 radical (unpaired) electrons. The molecule has 1 heterocycles. The lowest BCUT2D eigenvalue weighted by atomic mass is 9.72. The Morgan fingerprint density at radius 2 is 1.83 bits per heavy atom. The van der Waals surface area contributed by atoms with E-state index < -0.39 is 5.41 Å². The van der Waals surface area contributed by atoms with Gasteiger partial charge in [0.15, 0.2) is 0 Å². The van der Waals surface area contributed by atoms with Crippen molar-refractivity contribution in [2.24, 2.45) is 11.7 Å². The van der Waals surface area contributed by atoms with E-state index in [0.717, 1.165) is 5.56 Å². The van der Waals surface area contributed by atoms with E-state index in [-0.39, 0.29) is 18.4 Å². The molecule has 0 bridgehead atoms. The summed E-state index contributed by atoms with van der Waals surface area (Å²) in [5.74, 6) is 0.363. The van der Waals surface area contributed by atoms with Gasteiger partial charge in [0.05, 0.1) is 12.0 Å². The van der Waals surface area contributed by atoms with E-state index in [0.29, 0.717) is 38.5 Å². The van der Waals surface area contributed by atoms with Gasteiger partial charge in [-0.05, 0) is 37.2 Å². The van der Waals surface area contributed by atoms with Gasteiger partial charge in [-0.25, -0.2) is 0 Å². The van der Waals surface area contributed by atoms with Crippen molar-refractivity contribution in [3.63, 3.8) is 0 Å². The molecule has 1 aromatic rings. The molecule has 0 unspecified atom stereocenters. The number of rotatable bonds is 6. The smallest absolute Gasteiger partial charge is 0.248 e. The topological polar surface area (TPSA) is 72.6 Å². The van der Waals surface area contributed by atoms with Crippen LogP contribution in [0.2, 0.25) is 0 Å². The summed E-state index contributed by atoms with van der Waals surface area (Å²) >= 11 is 0. The molecule has 1 saturated carbocycles. The van der Waals surface area contributed by atoms with E-state index in [1.54, 1.807) is 4.90 Å². The quantitative estimate of drug-likeness (QED) is 0.863. The first-order valence-corrected chi connectivity index (χ1v) is 8.33. The molecule has 1 aromatic carbocycles. The summed E-state index contributed by atoms with van der Waals surface area (Å²) in [6.45, 7) is 1.92. The highest BCUT2D eigenvalue weighted by atomic mass is 16.5. The van der Waals surface area contributed by atoms with Gasteiger partial charge in [0, 0.05) is 13.1 Å². The Labute approximate surface area is 136 Å². The van der Waals surface area contributed by atoms with Crippen LogP contribution in [0.4, 0.5) is 0 Å². The Morgan fingerprint density at radius 3 is 2.39 bits per heavy atom. The minimum atomic E-state index is -0.660. The average Bonchev–Trinajstić information content (AvgIpc) is 3.40. The summed E-state index contributed by atoms with van der Waals surface area (Å²) in [6.07, 6.45) is 3.58. The highest BCUT2D eigenvalue weighted by molar-refractivity contribution is 5.87. The number of carbonyl (C=O) groups excluding carboxylic acids is 2. The second-order valence-electron chi connectivity index (χ2n) is 6.65. The standard InChI is InChI=1S/C18H24N2O3/c19-17(22)18(15-4-2-1-3-5-15)8-10-20(11-9-18)16(21)13-23-12-14-6-7-14/h1-5,14H,6-13H2,(H2,19,22). The van der Waals surface area contributed by atoms with Crippen molar-refractivity contribution in [3.8, 4) is 0 Å². The van der Waals surface area contributed by atoms with Crippen LogP contribution in [0.15, 0.2) is 30.3 Å². The maximum absolute atomic E-state index is 12.2. The zero-order chi connectivity index (χ0) is 16.3. The van der Waals surface area contributed by atoms with Crippen LogP contribution >= 0.6 is 0 Å². The van der Waals surface area contributed by atoms with E-state index in [9.17, 15) is 9.59 Å². The van der Waals surface area contributed by atoms with Crippen molar-refractivity contribution in [2.45, 2.75) is 31.1 Å². The fraction of sp³-hybridized carbons (Fsp3) is 0.556. The van der Waals surface area contributed by atoms with Crippen molar-refractivity contribution in [2.75, 3.05) is 26.3 Å². The van der Waals surface area contributed by atoms with Crippen LogP contribution < -0.4 is 5.73 Å². The number of primary amides is 1. The second-order valence-corrected chi connectivity index (χ2v) is 6.65. The Balaban J connectivity index is 1.58. The van der Waals surface area contributed by atoms with Crippen LogP contribution in [0.25, 0.3) is 0 Å². The number of amides is 2. The molecule has 0 atom stereocenters. The molecule has 1 saturated heterocycles. The Kier molecular flexibility index (Phi) is 4.66. The first kappa shape index (κ1) is 16.0. The summed E-state index contributed by atoms with van der Waals surface area (Å²) in [6, 6.07) is 9.66. The number of hydrogen-bond donors (Lipinski definition) is 1. The molecule has 0 spiro atoms. The zero-order valence-electron chi connectivity index (χ0n) is 13.4. The number of carbonyl (C=O) groups is 2. The molecular formula is C18H24N2O3. The van der Waals surface area contributed by atoms with Crippen molar-refractivity contribution < 1.29 is 14.3 Å². The first-order valence-electron chi connectivity index (χ1n) is 8.33. The molecular weight excluding hydrogens is 292 g/mol. The van der Waals surface area contributed by atoms with Crippen LogP contribution in [-0.2, 0) is 19.7 Å². The molecule has 2 fully saturated rings. The van der Waals surface area contributed by atoms with Crippen molar-refractivity contribution >= 4 is 11.8 Å². The fourth-order valence-corrected chi connectivity index (χ4v) is 3.26. The Hall–Kier alpha value is -1.88. The van der Waals surface area contributed by atoms with E-state index in [1.807, 2.05) is 30.3 Å². The number of ether oxygens (including phenoxy) is 1. The summed E-state index contributed by atoms with van der Waals surface area (Å²) in [5, 5.41) is 0. The molecule has 23 heavy (non-hydrogen) atoms. The van der Waals surface area contributed by atoms with Crippen molar-refractivity contribution in [1.82, 2.24) is 4.90 Å². The summed E-state index contributed by atoms with van der Waals surface area (Å²) in [7, 11) is 0. The lowest BCUT2D eigenvalue weighted by molar-refractivity contribution is -0.140.